The Kier molecular flexibility index (Phi) is 6.30. The summed E-state index contributed by atoms with van der Waals surface area (Å²) in [6.07, 6.45) is 9.13. The molecule has 0 aromatic rings. The molecule has 0 fully saturated rings. The molecule has 0 aliphatic rings. The summed E-state index contributed by atoms with van der Waals surface area (Å²) in [5.41, 5.74) is 1.03. The van der Waals surface area contributed by atoms with Crippen molar-refractivity contribution in [2.24, 2.45) is 4.99 Å². The topological polar surface area (TPSA) is 12.4 Å². The Morgan fingerprint density at radius 1 is 1.45 bits per heavy atom. The van der Waals surface area contributed by atoms with Gasteiger partial charge in [-0.2, -0.15) is 0 Å². The molecule has 0 aromatic heterocycles. The van der Waals surface area contributed by atoms with Crippen LogP contribution < -0.4 is 0 Å². The van der Waals surface area contributed by atoms with Gasteiger partial charge < -0.3 is 0 Å². The first-order valence-electron chi connectivity index (χ1n) is 3.81. The second-order valence-corrected chi connectivity index (χ2v) is 2.15. The lowest BCUT2D eigenvalue weighted by molar-refractivity contribution is 0.996. The van der Waals surface area contributed by atoms with E-state index in [1.165, 1.54) is 0 Å². The number of aliphatic imine (C=N–C) groups is 1. The van der Waals surface area contributed by atoms with Gasteiger partial charge in [0, 0.05) is 11.9 Å². The second kappa shape index (κ2) is 7.00. The van der Waals surface area contributed by atoms with Gasteiger partial charge in [-0.25, -0.2) is 0 Å². The number of rotatable bonds is 5. The zero-order chi connectivity index (χ0) is 8.53. The van der Waals surface area contributed by atoms with Crippen LogP contribution in [-0.2, 0) is 0 Å². The molecule has 0 aromatic carbocycles. The standard InChI is InChI=1S/C10H15N/c1-4-7-9-11-10(6-3)8-5-2/h4,6-7,9H,1,3,5,8H2,2H3/b9-7+,11-10?. The van der Waals surface area contributed by atoms with E-state index < -0.39 is 0 Å². The van der Waals surface area contributed by atoms with Crippen LogP contribution in [0.4, 0.5) is 0 Å². The molecule has 0 aliphatic carbocycles. The molecule has 0 unspecified atom stereocenters. The molecule has 0 rings (SSSR count). The van der Waals surface area contributed by atoms with Gasteiger partial charge >= 0.3 is 0 Å². The highest BCUT2D eigenvalue weighted by Gasteiger charge is 1.87. The third-order valence-electron chi connectivity index (χ3n) is 1.20. The van der Waals surface area contributed by atoms with Gasteiger partial charge in [0.2, 0.25) is 0 Å². The molecule has 0 spiro atoms. The molecule has 0 heterocycles. The maximum atomic E-state index is 4.17. The van der Waals surface area contributed by atoms with Crippen LogP contribution in [0.15, 0.2) is 42.6 Å². The molecule has 0 saturated carbocycles. The summed E-state index contributed by atoms with van der Waals surface area (Å²) < 4.78 is 0. The zero-order valence-corrected chi connectivity index (χ0v) is 7.09. The van der Waals surface area contributed by atoms with E-state index in [0.717, 1.165) is 18.6 Å². The number of hydrogen-bond donors (Lipinski definition) is 0. The van der Waals surface area contributed by atoms with Crippen molar-refractivity contribution in [3.63, 3.8) is 0 Å². The predicted molar refractivity (Wildman–Crippen MR) is 51.9 cm³/mol. The van der Waals surface area contributed by atoms with Crippen LogP contribution in [0.5, 0.6) is 0 Å². The van der Waals surface area contributed by atoms with Gasteiger partial charge in [0.05, 0.1) is 0 Å². The van der Waals surface area contributed by atoms with Crippen LogP contribution in [0.3, 0.4) is 0 Å². The van der Waals surface area contributed by atoms with E-state index in [1.54, 1.807) is 24.4 Å². The van der Waals surface area contributed by atoms with Crippen LogP contribution in [0.1, 0.15) is 19.8 Å². The molecule has 11 heavy (non-hydrogen) atoms. The van der Waals surface area contributed by atoms with E-state index in [-0.39, 0.29) is 0 Å². The number of nitrogens with zero attached hydrogens (tertiary/aromatic N) is 1. The Morgan fingerprint density at radius 2 is 2.18 bits per heavy atom. The van der Waals surface area contributed by atoms with Gasteiger partial charge in [-0.3, -0.25) is 4.99 Å². The lowest BCUT2D eigenvalue weighted by Crippen LogP contribution is -1.89. The largest absolute Gasteiger partial charge is 0.261 e. The van der Waals surface area contributed by atoms with Gasteiger partial charge in [-0.15, -0.1) is 0 Å². The zero-order valence-electron chi connectivity index (χ0n) is 7.09. The minimum Gasteiger partial charge on any atom is -0.261 e. The van der Waals surface area contributed by atoms with Gasteiger partial charge in [0.1, 0.15) is 0 Å². The first kappa shape index (κ1) is 9.89. The SMILES string of the molecule is C=C/C=C/N=C(C=C)CCC. The van der Waals surface area contributed by atoms with Gasteiger partial charge in [0.25, 0.3) is 0 Å². The molecule has 60 valence electrons. The fraction of sp³-hybridized carbons (Fsp3) is 0.300. The molecule has 0 atom stereocenters. The van der Waals surface area contributed by atoms with E-state index >= 15 is 0 Å². The average molecular weight is 149 g/mol. The first-order valence-corrected chi connectivity index (χ1v) is 3.81. The summed E-state index contributed by atoms with van der Waals surface area (Å²) in [6, 6.07) is 0. The monoisotopic (exact) mass is 149 g/mol. The Labute approximate surface area is 68.9 Å². The van der Waals surface area contributed by atoms with Crippen molar-refractivity contribution in [2.45, 2.75) is 19.8 Å². The summed E-state index contributed by atoms with van der Waals surface area (Å²) in [4.78, 5) is 4.17. The van der Waals surface area contributed by atoms with E-state index in [4.69, 9.17) is 0 Å². The summed E-state index contributed by atoms with van der Waals surface area (Å²) >= 11 is 0. The minimum atomic E-state index is 0.991. The smallest absolute Gasteiger partial charge is 0.0397 e. The Balaban J connectivity index is 3.99. The van der Waals surface area contributed by atoms with Gasteiger partial charge in [-0.1, -0.05) is 32.6 Å². The van der Waals surface area contributed by atoms with Crippen molar-refractivity contribution in [2.75, 3.05) is 0 Å². The van der Waals surface area contributed by atoms with E-state index in [1.807, 2.05) is 0 Å². The highest BCUT2D eigenvalue weighted by atomic mass is 14.7. The summed E-state index contributed by atoms with van der Waals surface area (Å²) in [7, 11) is 0. The van der Waals surface area contributed by atoms with Crippen LogP contribution in [-0.4, -0.2) is 5.71 Å². The molecule has 0 bridgehead atoms. The van der Waals surface area contributed by atoms with Crippen molar-refractivity contribution < 1.29 is 0 Å². The Bertz CT molecular complexity index is 175. The van der Waals surface area contributed by atoms with E-state index in [0.29, 0.717) is 0 Å². The summed E-state index contributed by atoms with van der Waals surface area (Å²) in [5, 5.41) is 0. The molecule has 1 heteroatoms. The second-order valence-electron chi connectivity index (χ2n) is 2.15. The molecular weight excluding hydrogens is 134 g/mol. The quantitative estimate of drug-likeness (QED) is 0.420. The first-order chi connectivity index (χ1) is 5.35. The van der Waals surface area contributed by atoms with Crippen LogP contribution in [0.2, 0.25) is 0 Å². The van der Waals surface area contributed by atoms with Crippen molar-refractivity contribution in [3.8, 4) is 0 Å². The van der Waals surface area contributed by atoms with Crippen LogP contribution in [0.25, 0.3) is 0 Å². The number of hydrogen-bond acceptors (Lipinski definition) is 1. The minimum absolute atomic E-state index is 0.991. The molecule has 0 saturated heterocycles. The van der Waals surface area contributed by atoms with Crippen LogP contribution >= 0.6 is 0 Å². The summed E-state index contributed by atoms with van der Waals surface area (Å²) in [5.74, 6) is 0. The third-order valence-corrected chi connectivity index (χ3v) is 1.20. The fourth-order valence-electron chi connectivity index (χ4n) is 0.675. The third kappa shape index (κ3) is 5.34. The Hall–Kier alpha value is -1.11. The van der Waals surface area contributed by atoms with Crippen molar-refractivity contribution in [1.29, 1.82) is 0 Å². The fourth-order valence-corrected chi connectivity index (χ4v) is 0.675. The number of allylic oxidation sites excluding steroid dienone is 3. The predicted octanol–water partition coefficient (Wildman–Crippen LogP) is 3.11. The van der Waals surface area contributed by atoms with Crippen LogP contribution in [0, 0.1) is 0 Å². The lowest BCUT2D eigenvalue weighted by atomic mass is 10.2. The summed E-state index contributed by atoms with van der Waals surface area (Å²) in [6.45, 7) is 9.34. The molecule has 1 nitrogen and oxygen atoms in total. The Morgan fingerprint density at radius 3 is 2.64 bits per heavy atom. The molecule has 0 aliphatic heterocycles. The van der Waals surface area contributed by atoms with Crippen molar-refractivity contribution in [3.05, 3.63) is 37.6 Å². The van der Waals surface area contributed by atoms with Crippen molar-refractivity contribution >= 4 is 5.71 Å². The maximum Gasteiger partial charge on any atom is 0.0397 e. The lowest BCUT2D eigenvalue weighted by Gasteiger charge is -1.93. The highest BCUT2D eigenvalue weighted by molar-refractivity contribution is 5.94. The maximum absolute atomic E-state index is 4.17. The van der Waals surface area contributed by atoms with Gasteiger partial charge in [-0.05, 0) is 18.6 Å². The highest BCUT2D eigenvalue weighted by Crippen LogP contribution is 1.93. The van der Waals surface area contributed by atoms with E-state index in [9.17, 15) is 0 Å². The normalized spacial score (nSPS) is 11.9. The van der Waals surface area contributed by atoms with Crippen molar-refractivity contribution in [1.82, 2.24) is 0 Å². The van der Waals surface area contributed by atoms with Gasteiger partial charge in [0.15, 0.2) is 0 Å². The molecule has 0 amide bonds. The molecular formula is C10H15N. The average Bonchev–Trinajstić information content (AvgIpc) is 2.03. The molecule has 0 radical (unpaired) electrons. The molecule has 0 N–H and O–H groups in total. The van der Waals surface area contributed by atoms with E-state index in [2.05, 4.69) is 25.1 Å².